The van der Waals surface area contributed by atoms with E-state index in [1.165, 1.54) is 60.5 Å². The molecule has 34 heavy (non-hydrogen) atoms. The number of benzene rings is 2. The van der Waals surface area contributed by atoms with Crippen LogP contribution in [0.25, 0.3) is 0 Å². The van der Waals surface area contributed by atoms with Crippen molar-refractivity contribution in [2.75, 3.05) is 20.1 Å². The van der Waals surface area contributed by atoms with Crippen molar-refractivity contribution >= 4 is 33.4 Å². The molecule has 0 aliphatic rings. The number of amides is 2. The molecular weight excluding hydrogens is 481 g/mol. The summed E-state index contributed by atoms with van der Waals surface area (Å²) in [5.74, 6) is -1.27. The second-order valence-corrected chi connectivity index (χ2v) is 10.4. The second-order valence-electron chi connectivity index (χ2n) is 7.93. The molecule has 0 aromatic heterocycles. The fourth-order valence-corrected chi connectivity index (χ4v) is 4.61. The largest absolute Gasteiger partial charge is 0.354 e. The Hall–Kier alpha value is -2.49. The highest BCUT2D eigenvalue weighted by molar-refractivity contribution is 7.89. The van der Waals surface area contributed by atoms with Crippen LogP contribution in [0.15, 0.2) is 53.4 Å². The molecule has 0 saturated heterocycles. The van der Waals surface area contributed by atoms with Gasteiger partial charge in [0, 0.05) is 25.2 Å². The second kappa shape index (κ2) is 12.8. The van der Waals surface area contributed by atoms with E-state index in [1.807, 2.05) is 6.92 Å². The highest BCUT2D eigenvalue weighted by Crippen LogP contribution is 2.19. The van der Waals surface area contributed by atoms with Crippen LogP contribution in [0.2, 0.25) is 5.02 Å². The van der Waals surface area contributed by atoms with Crippen molar-refractivity contribution in [2.45, 2.75) is 50.6 Å². The third-order valence-electron chi connectivity index (χ3n) is 5.36. The van der Waals surface area contributed by atoms with Crippen LogP contribution in [0, 0.1) is 5.82 Å². The topological polar surface area (TPSA) is 86.8 Å². The van der Waals surface area contributed by atoms with Crippen molar-refractivity contribution in [1.82, 2.24) is 14.5 Å². The number of carbonyl (C=O) groups is 2. The van der Waals surface area contributed by atoms with Gasteiger partial charge < -0.3 is 10.2 Å². The Morgan fingerprint density at radius 1 is 1.06 bits per heavy atom. The molecule has 2 aromatic rings. The van der Waals surface area contributed by atoms with Crippen LogP contribution in [-0.2, 0) is 26.2 Å². The number of sulfonamides is 1. The van der Waals surface area contributed by atoms with Crippen molar-refractivity contribution < 1.29 is 22.4 Å². The molecule has 0 aliphatic heterocycles. The van der Waals surface area contributed by atoms with Gasteiger partial charge in [0.05, 0.1) is 11.4 Å². The fourth-order valence-electron chi connectivity index (χ4n) is 3.36. The van der Waals surface area contributed by atoms with Crippen LogP contribution >= 0.6 is 11.6 Å². The highest BCUT2D eigenvalue weighted by atomic mass is 35.5. The van der Waals surface area contributed by atoms with E-state index in [-0.39, 0.29) is 17.3 Å². The number of unbranched alkanes of at least 4 members (excludes halogenated alkanes) is 1. The van der Waals surface area contributed by atoms with Crippen molar-refractivity contribution in [3.05, 3.63) is 64.9 Å². The van der Waals surface area contributed by atoms with Gasteiger partial charge in [-0.2, -0.15) is 4.31 Å². The zero-order valence-corrected chi connectivity index (χ0v) is 21.2. The molecule has 0 bridgehead atoms. The minimum absolute atomic E-state index is 0.00151. The van der Waals surface area contributed by atoms with Crippen LogP contribution in [0.3, 0.4) is 0 Å². The average Bonchev–Trinajstić information content (AvgIpc) is 2.80. The Kier molecular flexibility index (Phi) is 10.5. The van der Waals surface area contributed by atoms with Gasteiger partial charge in [-0.3, -0.25) is 9.59 Å². The third-order valence-corrected chi connectivity index (χ3v) is 7.43. The van der Waals surface area contributed by atoms with Gasteiger partial charge in [-0.1, -0.05) is 44.0 Å². The van der Waals surface area contributed by atoms with Crippen molar-refractivity contribution in [3.63, 3.8) is 0 Å². The van der Waals surface area contributed by atoms with Gasteiger partial charge in [-0.15, -0.1) is 0 Å². The van der Waals surface area contributed by atoms with Gasteiger partial charge >= 0.3 is 0 Å². The van der Waals surface area contributed by atoms with Gasteiger partial charge in [-0.25, -0.2) is 12.8 Å². The summed E-state index contributed by atoms with van der Waals surface area (Å²) < 4.78 is 40.2. The Bertz CT molecular complexity index is 1060. The number of rotatable bonds is 12. The molecular formula is C24H31ClFN3O4S. The van der Waals surface area contributed by atoms with Crippen molar-refractivity contribution in [1.29, 1.82) is 0 Å². The lowest BCUT2D eigenvalue weighted by molar-refractivity contribution is -0.141. The predicted molar refractivity (Wildman–Crippen MR) is 130 cm³/mol. The van der Waals surface area contributed by atoms with Crippen LogP contribution in [0.5, 0.6) is 0 Å². The Morgan fingerprint density at radius 2 is 1.68 bits per heavy atom. The van der Waals surface area contributed by atoms with Gasteiger partial charge in [-0.05, 0) is 54.8 Å². The molecule has 0 fully saturated rings. The molecule has 2 rings (SSSR count). The number of halogens is 2. The summed E-state index contributed by atoms with van der Waals surface area (Å²) in [6, 6.07) is 10.5. The maximum atomic E-state index is 13.4. The summed E-state index contributed by atoms with van der Waals surface area (Å²) >= 11 is 5.85. The molecule has 1 N–H and O–H groups in total. The summed E-state index contributed by atoms with van der Waals surface area (Å²) in [7, 11) is -2.65. The molecule has 0 unspecified atom stereocenters. The number of hydrogen-bond acceptors (Lipinski definition) is 4. The van der Waals surface area contributed by atoms with Crippen LogP contribution in [-0.4, -0.2) is 55.6 Å². The summed E-state index contributed by atoms with van der Waals surface area (Å²) in [6.07, 6.45) is 2.04. The minimum Gasteiger partial charge on any atom is -0.354 e. The molecule has 2 amide bonds. The lowest BCUT2D eigenvalue weighted by Gasteiger charge is -2.32. The average molecular weight is 512 g/mol. The highest BCUT2D eigenvalue weighted by Gasteiger charge is 2.31. The van der Waals surface area contributed by atoms with Crippen LogP contribution < -0.4 is 5.32 Å². The molecule has 2 aromatic carbocycles. The SMILES string of the molecule is CCCCNC(=O)[C@@H](CC)N(Cc1ccc(F)cc1)C(=O)CN(C)S(=O)(=O)c1ccc(Cl)cc1. The normalized spacial score (nSPS) is 12.4. The van der Waals surface area contributed by atoms with E-state index in [9.17, 15) is 22.4 Å². The molecule has 10 heteroatoms. The molecule has 0 radical (unpaired) electrons. The molecule has 7 nitrogen and oxygen atoms in total. The van der Waals surface area contributed by atoms with E-state index in [0.717, 1.165) is 17.1 Å². The van der Waals surface area contributed by atoms with Crippen LogP contribution in [0.1, 0.15) is 38.7 Å². The van der Waals surface area contributed by atoms with Crippen molar-refractivity contribution in [2.24, 2.45) is 0 Å². The van der Waals surface area contributed by atoms with Gasteiger partial charge in [0.15, 0.2) is 0 Å². The molecule has 0 aliphatic carbocycles. The summed E-state index contributed by atoms with van der Waals surface area (Å²) in [6.45, 7) is 3.84. The first-order valence-electron chi connectivity index (χ1n) is 11.1. The number of likely N-dealkylation sites (N-methyl/N-ethyl adjacent to an activating group) is 1. The maximum absolute atomic E-state index is 13.4. The smallest absolute Gasteiger partial charge is 0.243 e. The van der Waals surface area contributed by atoms with E-state index in [0.29, 0.717) is 23.6 Å². The summed E-state index contributed by atoms with van der Waals surface area (Å²) in [5.41, 5.74) is 0.623. The zero-order valence-electron chi connectivity index (χ0n) is 19.6. The van der Waals surface area contributed by atoms with E-state index in [2.05, 4.69) is 5.32 Å². The lowest BCUT2D eigenvalue weighted by Crippen LogP contribution is -2.51. The Labute approximate surface area is 205 Å². The number of hydrogen-bond donors (Lipinski definition) is 1. The third kappa shape index (κ3) is 7.51. The first-order valence-corrected chi connectivity index (χ1v) is 13.0. The molecule has 0 spiro atoms. The van der Waals surface area contributed by atoms with E-state index in [1.54, 1.807) is 6.92 Å². The van der Waals surface area contributed by atoms with Gasteiger partial charge in [0.1, 0.15) is 11.9 Å². The number of nitrogens with one attached hydrogen (secondary N) is 1. The minimum atomic E-state index is -3.96. The number of carbonyl (C=O) groups excluding carboxylic acids is 2. The van der Waals surface area contributed by atoms with Crippen molar-refractivity contribution in [3.8, 4) is 0 Å². The van der Waals surface area contributed by atoms with E-state index < -0.39 is 34.3 Å². The predicted octanol–water partition coefficient (Wildman–Crippen LogP) is 3.82. The quantitative estimate of drug-likeness (QED) is 0.439. The van der Waals surface area contributed by atoms with Gasteiger partial charge in [0.25, 0.3) is 0 Å². The fraction of sp³-hybridized carbons (Fsp3) is 0.417. The maximum Gasteiger partial charge on any atom is 0.243 e. The van der Waals surface area contributed by atoms with E-state index in [4.69, 9.17) is 11.6 Å². The lowest BCUT2D eigenvalue weighted by atomic mass is 10.1. The standard InChI is InChI=1S/C24H31ClFN3O4S/c1-4-6-15-27-24(31)22(5-2)29(16-18-7-11-20(26)12-8-18)23(30)17-28(3)34(32,33)21-13-9-19(25)10-14-21/h7-14,22H,4-6,15-17H2,1-3H3,(H,27,31)/t22-/m1/s1. The Balaban J connectivity index is 2.28. The molecule has 0 saturated carbocycles. The first-order chi connectivity index (χ1) is 16.1. The van der Waals surface area contributed by atoms with E-state index >= 15 is 0 Å². The summed E-state index contributed by atoms with van der Waals surface area (Å²) in [5, 5.41) is 3.23. The molecule has 186 valence electrons. The number of nitrogens with zero attached hydrogens (tertiary/aromatic N) is 2. The first kappa shape index (κ1) is 27.8. The monoisotopic (exact) mass is 511 g/mol. The van der Waals surface area contributed by atoms with Gasteiger partial charge in [0.2, 0.25) is 21.8 Å². The van der Waals surface area contributed by atoms with Crippen LogP contribution in [0.4, 0.5) is 4.39 Å². The molecule has 1 atom stereocenters. The Morgan fingerprint density at radius 3 is 2.24 bits per heavy atom. The zero-order chi connectivity index (χ0) is 25.3. The summed E-state index contributed by atoms with van der Waals surface area (Å²) in [4.78, 5) is 27.6. The molecule has 0 heterocycles.